The number of fused-ring (bicyclic) bond motifs is 1. The fourth-order valence-corrected chi connectivity index (χ4v) is 6.55. The number of amides is 2. The Morgan fingerprint density at radius 1 is 1.34 bits per heavy atom. The largest absolute Gasteiger partial charge is 0.466 e. The second kappa shape index (κ2) is 8.76. The lowest BCUT2D eigenvalue weighted by molar-refractivity contribution is -0.155. The molecule has 32 heavy (non-hydrogen) atoms. The van der Waals surface area contributed by atoms with E-state index in [1.54, 1.807) is 6.92 Å². The van der Waals surface area contributed by atoms with Crippen LogP contribution in [0.2, 0.25) is 0 Å². The van der Waals surface area contributed by atoms with E-state index in [1.165, 1.54) is 4.90 Å². The number of hydrogen-bond donors (Lipinski definition) is 2. The number of likely N-dealkylation sites (tertiary alicyclic amines) is 1. The summed E-state index contributed by atoms with van der Waals surface area (Å²) in [6.07, 6.45) is -0.146. The Balaban J connectivity index is 1.83. The number of nitrogens with zero attached hydrogens (tertiary/aromatic N) is 1. The second-order valence-corrected chi connectivity index (χ2v) is 10.1. The summed E-state index contributed by atoms with van der Waals surface area (Å²) < 4.78 is 11.7. The van der Waals surface area contributed by atoms with Gasteiger partial charge in [-0.05, 0) is 32.8 Å². The number of aliphatic hydroxyl groups excluding tert-OH is 1. The molecule has 3 aliphatic rings. The highest BCUT2D eigenvalue weighted by Gasteiger charge is 2.77. The highest BCUT2D eigenvalue weighted by Crippen LogP contribution is 2.61. The molecular formula is C23H29BrN2O6. The molecule has 3 aliphatic heterocycles. The maximum absolute atomic E-state index is 13.9. The van der Waals surface area contributed by atoms with Crippen LogP contribution in [0, 0.1) is 11.8 Å². The number of halogens is 1. The Hall–Kier alpha value is -1.97. The smallest absolute Gasteiger partial charge is 0.312 e. The quantitative estimate of drug-likeness (QED) is 0.427. The zero-order valence-corrected chi connectivity index (χ0v) is 19.9. The van der Waals surface area contributed by atoms with Gasteiger partial charge in [0, 0.05) is 10.9 Å². The van der Waals surface area contributed by atoms with E-state index in [2.05, 4.69) is 21.2 Å². The minimum atomic E-state index is -1.17. The summed E-state index contributed by atoms with van der Waals surface area (Å²) in [6, 6.07) is 7.22. The maximum atomic E-state index is 13.9. The number of rotatable bonds is 7. The number of alkyl halides is 1. The summed E-state index contributed by atoms with van der Waals surface area (Å²) in [7, 11) is 0. The van der Waals surface area contributed by atoms with E-state index in [0.717, 1.165) is 0 Å². The Kier molecular flexibility index (Phi) is 6.35. The first kappa shape index (κ1) is 23.2. The van der Waals surface area contributed by atoms with E-state index in [1.807, 2.05) is 44.2 Å². The standard InChI is InChI=1S/C23H29BrN2O6/c1-4-31-22(30)16-17-21(29)26(15(11-27)13-8-6-5-7-9-13)19(20(28)25-12(2)3)23(17)10-14(24)18(16)32-23/h5-9,12,14-19,27H,4,10-11H2,1-3H3,(H,25,28)/t14?,15-,16-,17+,18-,19-,23+/m1/s1. The topological polar surface area (TPSA) is 105 Å². The van der Waals surface area contributed by atoms with Crippen molar-refractivity contribution in [3.63, 3.8) is 0 Å². The third kappa shape index (κ3) is 3.45. The number of ether oxygens (including phenoxy) is 2. The van der Waals surface area contributed by atoms with Gasteiger partial charge in [0.25, 0.3) is 0 Å². The molecule has 2 bridgehead atoms. The molecule has 0 aromatic heterocycles. The van der Waals surface area contributed by atoms with Gasteiger partial charge in [0.05, 0.1) is 37.2 Å². The fraction of sp³-hybridized carbons (Fsp3) is 0.609. The fourth-order valence-electron chi connectivity index (χ4n) is 5.60. The predicted octanol–water partition coefficient (Wildman–Crippen LogP) is 1.56. The van der Waals surface area contributed by atoms with Crippen molar-refractivity contribution in [3.8, 4) is 0 Å². The van der Waals surface area contributed by atoms with Gasteiger partial charge in [0.15, 0.2) is 0 Å². The average Bonchev–Trinajstić information content (AvgIpc) is 3.33. The third-order valence-corrected chi connectivity index (χ3v) is 7.50. The first-order valence-corrected chi connectivity index (χ1v) is 11.9. The molecule has 3 heterocycles. The summed E-state index contributed by atoms with van der Waals surface area (Å²) in [5.41, 5.74) is -0.464. The van der Waals surface area contributed by atoms with E-state index >= 15 is 0 Å². The van der Waals surface area contributed by atoms with Crippen LogP contribution in [0.15, 0.2) is 30.3 Å². The molecule has 3 saturated heterocycles. The van der Waals surface area contributed by atoms with Crippen molar-refractivity contribution < 1.29 is 29.0 Å². The number of benzene rings is 1. The highest BCUT2D eigenvalue weighted by atomic mass is 79.9. The van der Waals surface area contributed by atoms with Gasteiger partial charge in [-0.1, -0.05) is 46.3 Å². The van der Waals surface area contributed by atoms with E-state index in [9.17, 15) is 19.5 Å². The predicted molar refractivity (Wildman–Crippen MR) is 119 cm³/mol. The summed E-state index contributed by atoms with van der Waals surface area (Å²) in [5.74, 6) is -2.87. The van der Waals surface area contributed by atoms with E-state index in [4.69, 9.17) is 9.47 Å². The SMILES string of the molecule is CCOC(=O)[C@H]1[C@@H]2O[C@@]3(CC2Br)[C@@H]1C(=O)N([C@H](CO)c1ccccc1)[C@@H]3C(=O)NC(C)C. The Bertz CT molecular complexity index is 896. The molecule has 1 aromatic carbocycles. The van der Waals surface area contributed by atoms with Crippen LogP contribution in [0.4, 0.5) is 0 Å². The van der Waals surface area contributed by atoms with Gasteiger partial charge in [-0.2, -0.15) is 0 Å². The van der Waals surface area contributed by atoms with Gasteiger partial charge in [0.1, 0.15) is 11.6 Å². The minimum Gasteiger partial charge on any atom is -0.466 e. The Morgan fingerprint density at radius 2 is 2.03 bits per heavy atom. The number of carbonyl (C=O) groups is 3. The lowest BCUT2D eigenvalue weighted by Gasteiger charge is -2.37. The van der Waals surface area contributed by atoms with Crippen LogP contribution >= 0.6 is 15.9 Å². The summed E-state index contributed by atoms with van der Waals surface area (Å²) >= 11 is 3.61. The molecule has 0 aliphatic carbocycles. The Labute approximate surface area is 195 Å². The van der Waals surface area contributed by atoms with Crippen LogP contribution in [0.25, 0.3) is 0 Å². The van der Waals surface area contributed by atoms with Crippen molar-refractivity contribution in [2.75, 3.05) is 13.2 Å². The van der Waals surface area contributed by atoms with Crippen molar-refractivity contribution in [3.05, 3.63) is 35.9 Å². The van der Waals surface area contributed by atoms with Crippen molar-refractivity contribution in [2.45, 2.75) is 61.8 Å². The number of nitrogens with one attached hydrogen (secondary N) is 1. The summed E-state index contributed by atoms with van der Waals surface area (Å²) in [5, 5.41) is 13.2. The van der Waals surface area contributed by atoms with Crippen LogP contribution in [0.5, 0.6) is 0 Å². The minimum absolute atomic E-state index is 0.154. The van der Waals surface area contributed by atoms with Crippen LogP contribution in [-0.2, 0) is 23.9 Å². The lowest BCUT2D eigenvalue weighted by Crippen LogP contribution is -2.57. The van der Waals surface area contributed by atoms with Crippen LogP contribution < -0.4 is 5.32 Å². The second-order valence-electron chi connectivity index (χ2n) is 8.93. The van der Waals surface area contributed by atoms with Gasteiger partial charge in [0.2, 0.25) is 11.8 Å². The van der Waals surface area contributed by atoms with Crippen LogP contribution in [0.3, 0.4) is 0 Å². The first-order valence-electron chi connectivity index (χ1n) is 11.0. The van der Waals surface area contributed by atoms with E-state index < -0.39 is 41.6 Å². The van der Waals surface area contributed by atoms with Crippen molar-refractivity contribution in [1.29, 1.82) is 0 Å². The molecule has 1 unspecified atom stereocenters. The molecule has 0 saturated carbocycles. The van der Waals surface area contributed by atoms with Crippen molar-refractivity contribution >= 4 is 33.7 Å². The van der Waals surface area contributed by atoms with Gasteiger partial charge in [-0.25, -0.2) is 0 Å². The Morgan fingerprint density at radius 3 is 2.62 bits per heavy atom. The summed E-state index contributed by atoms with van der Waals surface area (Å²) in [4.78, 5) is 41.5. The number of carbonyl (C=O) groups excluding carboxylic acids is 3. The molecule has 1 aromatic rings. The number of esters is 1. The zero-order chi connectivity index (χ0) is 23.2. The van der Waals surface area contributed by atoms with Crippen LogP contribution in [0.1, 0.15) is 38.8 Å². The molecule has 9 heteroatoms. The average molecular weight is 509 g/mol. The first-order chi connectivity index (χ1) is 15.3. The van der Waals surface area contributed by atoms with Crippen molar-refractivity contribution in [1.82, 2.24) is 10.2 Å². The maximum Gasteiger partial charge on any atom is 0.312 e. The van der Waals surface area contributed by atoms with Gasteiger partial charge in [-0.15, -0.1) is 0 Å². The molecule has 2 amide bonds. The molecular weight excluding hydrogens is 480 g/mol. The van der Waals surface area contributed by atoms with Crippen LogP contribution in [-0.4, -0.2) is 69.6 Å². The van der Waals surface area contributed by atoms with Gasteiger partial charge < -0.3 is 24.8 Å². The van der Waals surface area contributed by atoms with Gasteiger partial charge >= 0.3 is 5.97 Å². The lowest BCUT2D eigenvalue weighted by atomic mass is 9.70. The summed E-state index contributed by atoms with van der Waals surface area (Å²) in [6.45, 7) is 5.22. The van der Waals surface area contributed by atoms with Crippen molar-refractivity contribution in [2.24, 2.45) is 11.8 Å². The van der Waals surface area contributed by atoms with E-state index in [0.29, 0.717) is 12.0 Å². The zero-order valence-electron chi connectivity index (χ0n) is 18.4. The monoisotopic (exact) mass is 508 g/mol. The molecule has 1 spiro atoms. The van der Waals surface area contributed by atoms with Gasteiger partial charge in [-0.3, -0.25) is 14.4 Å². The highest BCUT2D eigenvalue weighted by molar-refractivity contribution is 9.09. The molecule has 2 N–H and O–H groups in total. The molecule has 4 rings (SSSR count). The molecule has 174 valence electrons. The number of hydrogen-bond acceptors (Lipinski definition) is 6. The molecule has 7 atom stereocenters. The molecule has 8 nitrogen and oxygen atoms in total. The number of aliphatic hydroxyl groups is 1. The molecule has 0 radical (unpaired) electrons. The molecule has 3 fully saturated rings. The van der Waals surface area contributed by atoms with E-state index in [-0.39, 0.29) is 35.9 Å². The third-order valence-electron chi connectivity index (χ3n) is 6.66. The normalized spacial score (nSPS) is 34.0.